The third kappa shape index (κ3) is 5.79. The van der Waals surface area contributed by atoms with Gasteiger partial charge in [-0.2, -0.15) is 4.31 Å². The van der Waals surface area contributed by atoms with Gasteiger partial charge in [0.05, 0.1) is 31.3 Å². The summed E-state index contributed by atoms with van der Waals surface area (Å²) in [5.74, 6) is 0.439. The van der Waals surface area contributed by atoms with E-state index in [1.54, 1.807) is 42.5 Å². The van der Waals surface area contributed by atoms with Gasteiger partial charge in [0.2, 0.25) is 15.9 Å². The Balaban J connectivity index is 1.88. The van der Waals surface area contributed by atoms with Gasteiger partial charge in [-0.1, -0.05) is 48.0 Å². The maximum absolute atomic E-state index is 13.3. The molecule has 9 heteroatoms. The van der Waals surface area contributed by atoms with Crippen molar-refractivity contribution < 1.29 is 22.7 Å². The van der Waals surface area contributed by atoms with Gasteiger partial charge in [0.15, 0.2) is 0 Å². The van der Waals surface area contributed by atoms with Crippen molar-refractivity contribution in [3.8, 4) is 11.5 Å². The SMILES string of the molecule is COc1ccc(NC(=O)CN(Cc2ccccc2)S(=O)(=O)c2cccc(Cl)c2)c(OC)c1. The number of hydrogen-bond donors (Lipinski definition) is 1. The number of sulfonamides is 1. The highest BCUT2D eigenvalue weighted by molar-refractivity contribution is 7.89. The van der Waals surface area contributed by atoms with Crippen molar-refractivity contribution in [2.75, 3.05) is 26.1 Å². The van der Waals surface area contributed by atoms with E-state index in [1.165, 1.54) is 26.4 Å². The van der Waals surface area contributed by atoms with Gasteiger partial charge >= 0.3 is 0 Å². The average Bonchev–Trinajstić information content (AvgIpc) is 2.79. The number of hydrogen-bond acceptors (Lipinski definition) is 5. The van der Waals surface area contributed by atoms with Crippen molar-refractivity contribution in [2.45, 2.75) is 11.4 Å². The molecule has 0 unspecified atom stereocenters. The van der Waals surface area contributed by atoms with E-state index >= 15 is 0 Å². The maximum Gasteiger partial charge on any atom is 0.243 e. The summed E-state index contributed by atoms with van der Waals surface area (Å²) < 4.78 is 38.2. The summed E-state index contributed by atoms with van der Waals surface area (Å²) in [5, 5.41) is 3.00. The van der Waals surface area contributed by atoms with Crippen LogP contribution in [0.2, 0.25) is 5.02 Å². The lowest BCUT2D eigenvalue weighted by molar-refractivity contribution is -0.116. The van der Waals surface area contributed by atoms with Crippen LogP contribution in [-0.4, -0.2) is 39.4 Å². The second-order valence-corrected chi connectivity index (χ2v) is 9.20. The Kier molecular flexibility index (Phi) is 7.74. The first-order valence-corrected chi connectivity index (χ1v) is 11.5. The highest BCUT2D eigenvalue weighted by Crippen LogP contribution is 2.29. The largest absolute Gasteiger partial charge is 0.497 e. The smallest absolute Gasteiger partial charge is 0.243 e. The first-order chi connectivity index (χ1) is 15.3. The van der Waals surface area contributed by atoms with Crippen LogP contribution in [0.1, 0.15) is 5.56 Å². The van der Waals surface area contributed by atoms with E-state index in [2.05, 4.69) is 5.32 Å². The molecule has 1 N–H and O–H groups in total. The molecule has 3 rings (SSSR count). The Bertz CT molecular complexity index is 1190. The predicted octanol–water partition coefficient (Wildman–Crippen LogP) is 4.19. The van der Waals surface area contributed by atoms with Gasteiger partial charge in [-0.15, -0.1) is 0 Å². The molecule has 0 aliphatic carbocycles. The molecule has 0 fully saturated rings. The molecule has 0 aliphatic rings. The van der Waals surface area contributed by atoms with E-state index in [-0.39, 0.29) is 16.5 Å². The fourth-order valence-corrected chi connectivity index (χ4v) is 4.73. The van der Waals surface area contributed by atoms with Gasteiger partial charge in [0.1, 0.15) is 11.5 Å². The van der Waals surface area contributed by atoms with Crippen LogP contribution in [0, 0.1) is 0 Å². The van der Waals surface area contributed by atoms with Crippen molar-refractivity contribution in [1.29, 1.82) is 0 Å². The minimum Gasteiger partial charge on any atom is -0.497 e. The first-order valence-electron chi connectivity index (χ1n) is 9.65. The quantitative estimate of drug-likeness (QED) is 0.502. The molecule has 0 bridgehead atoms. The number of rotatable bonds is 9. The molecule has 32 heavy (non-hydrogen) atoms. The van der Waals surface area contributed by atoms with Crippen LogP contribution in [0.5, 0.6) is 11.5 Å². The zero-order valence-electron chi connectivity index (χ0n) is 17.6. The van der Waals surface area contributed by atoms with Crippen LogP contribution in [0.25, 0.3) is 0 Å². The number of methoxy groups -OCH3 is 2. The summed E-state index contributed by atoms with van der Waals surface area (Å²) in [6, 6.07) is 19.9. The van der Waals surface area contributed by atoms with E-state index in [4.69, 9.17) is 21.1 Å². The maximum atomic E-state index is 13.3. The Morgan fingerprint density at radius 1 is 0.969 bits per heavy atom. The number of benzene rings is 3. The third-order valence-corrected chi connectivity index (χ3v) is 6.66. The molecule has 1 amide bonds. The predicted molar refractivity (Wildman–Crippen MR) is 124 cm³/mol. The average molecular weight is 475 g/mol. The van der Waals surface area contributed by atoms with Gasteiger partial charge in [-0.3, -0.25) is 4.79 Å². The molecule has 3 aromatic rings. The van der Waals surface area contributed by atoms with Gasteiger partial charge < -0.3 is 14.8 Å². The fraction of sp³-hybridized carbons (Fsp3) is 0.174. The number of nitrogens with one attached hydrogen (secondary N) is 1. The summed E-state index contributed by atoms with van der Waals surface area (Å²) in [6.45, 7) is -0.387. The minimum atomic E-state index is -4.00. The lowest BCUT2D eigenvalue weighted by Crippen LogP contribution is -2.37. The number of amides is 1. The summed E-state index contributed by atoms with van der Waals surface area (Å²) in [5.41, 5.74) is 1.14. The zero-order chi connectivity index (χ0) is 23.1. The number of anilines is 1. The van der Waals surface area contributed by atoms with Crippen molar-refractivity contribution in [3.63, 3.8) is 0 Å². The van der Waals surface area contributed by atoms with Crippen molar-refractivity contribution in [2.24, 2.45) is 0 Å². The molecule has 0 atom stereocenters. The number of nitrogens with zero attached hydrogens (tertiary/aromatic N) is 1. The topological polar surface area (TPSA) is 84.9 Å². The third-order valence-electron chi connectivity index (χ3n) is 4.64. The molecule has 0 aliphatic heterocycles. The molecule has 168 valence electrons. The van der Waals surface area contributed by atoms with Crippen molar-refractivity contribution >= 4 is 33.2 Å². The minimum absolute atomic E-state index is 0.00996. The fourth-order valence-electron chi connectivity index (χ4n) is 3.04. The Morgan fingerprint density at radius 3 is 2.38 bits per heavy atom. The lowest BCUT2D eigenvalue weighted by Gasteiger charge is -2.22. The van der Waals surface area contributed by atoms with Crippen LogP contribution in [-0.2, 0) is 21.4 Å². The normalized spacial score (nSPS) is 11.2. The van der Waals surface area contributed by atoms with Crippen molar-refractivity contribution in [3.05, 3.63) is 83.4 Å². The molecular weight excluding hydrogens is 452 g/mol. The van der Waals surface area contributed by atoms with Crippen LogP contribution in [0.3, 0.4) is 0 Å². The first kappa shape index (κ1) is 23.6. The Hall–Kier alpha value is -3.07. The lowest BCUT2D eigenvalue weighted by atomic mass is 10.2. The summed E-state index contributed by atoms with van der Waals surface area (Å²) >= 11 is 6.00. The molecule has 3 aromatic carbocycles. The van der Waals surface area contributed by atoms with Crippen LogP contribution < -0.4 is 14.8 Å². The number of carbonyl (C=O) groups excluding carboxylic acids is 1. The molecular formula is C23H23ClN2O5S. The van der Waals surface area contributed by atoms with Crippen LogP contribution in [0.4, 0.5) is 5.69 Å². The Morgan fingerprint density at radius 2 is 1.72 bits per heavy atom. The van der Waals surface area contributed by atoms with Gasteiger partial charge in [0, 0.05) is 17.6 Å². The standard InChI is InChI=1S/C23H23ClN2O5S/c1-30-19-11-12-21(22(14-19)31-2)25-23(27)16-26(15-17-7-4-3-5-8-17)32(28,29)20-10-6-9-18(24)13-20/h3-14H,15-16H2,1-2H3,(H,25,27). The van der Waals surface area contributed by atoms with E-state index in [1.807, 2.05) is 18.2 Å². The van der Waals surface area contributed by atoms with E-state index < -0.39 is 22.5 Å². The number of carbonyl (C=O) groups is 1. The van der Waals surface area contributed by atoms with E-state index in [9.17, 15) is 13.2 Å². The number of ether oxygens (including phenoxy) is 2. The van der Waals surface area contributed by atoms with Gasteiger partial charge in [-0.05, 0) is 35.9 Å². The molecule has 0 saturated carbocycles. The molecule has 0 radical (unpaired) electrons. The molecule has 0 heterocycles. The van der Waals surface area contributed by atoms with Gasteiger partial charge in [-0.25, -0.2) is 8.42 Å². The zero-order valence-corrected chi connectivity index (χ0v) is 19.2. The summed E-state index contributed by atoms with van der Waals surface area (Å²) in [4.78, 5) is 12.9. The Labute approximate surface area is 192 Å². The number of halogens is 1. The summed E-state index contributed by atoms with van der Waals surface area (Å²) in [6.07, 6.45) is 0. The molecule has 0 aromatic heterocycles. The van der Waals surface area contributed by atoms with E-state index in [0.29, 0.717) is 17.2 Å². The second-order valence-electron chi connectivity index (χ2n) is 6.83. The van der Waals surface area contributed by atoms with Crippen LogP contribution >= 0.6 is 11.6 Å². The van der Waals surface area contributed by atoms with E-state index in [0.717, 1.165) is 9.87 Å². The second kappa shape index (κ2) is 10.5. The molecule has 7 nitrogen and oxygen atoms in total. The summed E-state index contributed by atoms with van der Waals surface area (Å²) in [7, 11) is -1.01. The molecule has 0 saturated heterocycles. The van der Waals surface area contributed by atoms with Crippen LogP contribution in [0.15, 0.2) is 77.7 Å². The van der Waals surface area contributed by atoms with Crippen molar-refractivity contribution in [1.82, 2.24) is 4.31 Å². The highest BCUT2D eigenvalue weighted by atomic mass is 35.5. The monoisotopic (exact) mass is 474 g/mol. The highest BCUT2D eigenvalue weighted by Gasteiger charge is 2.27. The van der Waals surface area contributed by atoms with Gasteiger partial charge in [0.25, 0.3) is 0 Å². The molecule has 0 spiro atoms.